The van der Waals surface area contributed by atoms with Gasteiger partial charge in [0.05, 0.1) is 10.5 Å². The first-order valence-electron chi connectivity index (χ1n) is 4.62. The maximum Gasteiger partial charge on any atom is 0.0661 e. The fraction of sp³-hybridized carbons (Fsp3) is 0.273. The Morgan fingerprint density at radius 3 is 3.15 bits per heavy atom. The van der Waals surface area contributed by atoms with Gasteiger partial charge in [-0.15, -0.1) is 0 Å². The summed E-state index contributed by atoms with van der Waals surface area (Å²) in [6, 6.07) is 6.40. The molecule has 0 saturated carbocycles. The maximum atomic E-state index is 6.14. The van der Waals surface area contributed by atoms with E-state index in [1.54, 1.807) is 0 Å². The lowest BCUT2D eigenvalue weighted by atomic mass is 10.0. The third kappa shape index (κ3) is 0.939. The summed E-state index contributed by atoms with van der Waals surface area (Å²) in [4.78, 5) is 0. The monoisotopic (exact) mass is 191 g/mol. The van der Waals surface area contributed by atoms with E-state index in [-0.39, 0.29) is 0 Å². The molecule has 1 aliphatic heterocycles. The summed E-state index contributed by atoms with van der Waals surface area (Å²) in [5, 5.41) is 2.10. The first-order chi connectivity index (χ1) is 6.36. The highest BCUT2D eigenvalue weighted by molar-refractivity contribution is 6.35. The first-order valence-corrected chi connectivity index (χ1v) is 5.00. The molecule has 13 heavy (non-hydrogen) atoms. The molecule has 0 spiro atoms. The van der Waals surface area contributed by atoms with Crippen LogP contribution in [0.5, 0.6) is 0 Å². The summed E-state index contributed by atoms with van der Waals surface area (Å²) in [5.74, 6) is 0. The highest BCUT2D eigenvalue weighted by Crippen LogP contribution is 2.31. The molecule has 0 bridgehead atoms. The molecule has 2 heterocycles. The SMILES string of the molecule is Clc1cn2c3c(cccc13)CCC2. The van der Waals surface area contributed by atoms with Gasteiger partial charge in [0.2, 0.25) is 0 Å². The molecule has 0 unspecified atom stereocenters. The minimum atomic E-state index is 0.888. The van der Waals surface area contributed by atoms with Crippen LogP contribution in [0.2, 0.25) is 5.02 Å². The zero-order chi connectivity index (χ0) is 8.84. The maximum absolute atomic E-state index is 6.14. The van der Waals surface area contributed by atoms with Crippen LogP contribution in [0.15, 0.2) is 24.4 Å². The van der Waals surface area contributed by atoms with Crippen LogP contribution in [0.3, 0.4) is 0 Å². The Bertz CT molecular complexity index is 470. The Morgan fingerprint density at radius 2 is 2.23 bits per heavy atom. The van der Waals surface area contributed by atoms with E-state index in [0.29, 0.717) is 0 Å². The Hall–Kier alpha value is -0.950. The molecule has 1 nitrogen and oxygen atoms in total. The fourth-order valence-corrected chi connectivity index (χ4v) is 2.48. The zero-order valence-electron chi connectivity index (χ0n) is 7.26. The number of halogens is 1. The Kier molecular flexibility index (Phi) is 1.44. The summed E-state index contributed by atoms with van der Waals surface area (Å²) in [5.41, 5.74) is 2.79. The quantitative estimate of drug-likeness (QED) is 0.603. The number of aromatic nitrogens is 1. The van der Waals surface area contributed by atoms with E-state index in [4.69, 9.17) is 11.6 Å². The minimum absolute atomic E-state index is 0.888. The van der Waals surface area contributed by atoms with Crippen molar-refractivity contribution in [2.24, 2.45) is 0 Å². The van der Waals surface area contributed by atoms with Gasteiger partial charge in [-0.3, -0.25) is 0 Å². The van der Waals surface area contributed by atoms with E-state index < -0.39 is 0 Å². The fourth-order valence-electron chi connectivity index (χ4n) is 2.21. The first kappa shape index (κ1) is 7.45. The van der Waals surface area contributed by atoms with Crippen LogP contribution < -0.4 is 0 Å². The molecule has 0 amide bonds. The molecule has 2 aromatic rings. The molecule has 0 saturated heterocycles. The zero-order valence-corrected chi connectivity index (χ0v) is 8.01. The molecule has 0 fully saturated rings. The number of aryl methyl sites for hydroxylation is 2. The van der Waals surface area contributed by atoms with Crippen molar-refractivity contribution in [1.29, 1.82) is 0 Å². The number of hydrogen-bond acceptors (Lipinski definition) is 0. The van der Waals surface area contributed by atoms with Gasteiger partial charge in [-0.1, -0.05) is 29.8 Å². The van der Waals surface area contributed by atoms with Gasteiger partial charge in [0.15, 0.2) is 0 Å². The third-order valence-corrected chi connectivity index (χ3v) is 3.08. The second-order valence-electron chi connectivity index (χ2n) is 3.59. The van der Waals surface area contributed by atoms with Gasteiger partial charge in [0.1, 0.15) is 0 Å². The second-order valence-corrected chi connectivity index (χ2v) is 3.99. The van der Waals surface area contributed by atoms with Crippen molar-refractivity contribution in [2.75, 3.05) is 0 Å². The van der Waals surface area contributed by atoms with E-state index in [9.17, 15) is 0 Å². The normalized spacial score (nSPS) is 15.2. The van der Waals surface area contributed by atoms with E-state index >= 15 is 0 Å². The van der Waals surface area contributed by atoms with Crippen molar-refractivity contribution < 1.29 is 0 Å². The van der Waals surface area contributed by atoms with Crippen LogP contribution in [-0.4, -0.2) is 4.57 Å². The Balaban J connectivity index is 2.51. The van der Waals surface area contributed by atoms with E-state index in [1.807, 2.05) is 0 Å². The lowest BCUT2D eigenvalue weighted by Crippen LogP contribution is -2.05. The topological polar surface area (TPSA) is 4.93 Å². The molecule has 66 valence electrons. The van der Waals surface area contributed by atoms with Crippen molar-refractivity contribution in [3.63, 3.8) is 0 Å². The summed E-state index contributed by atoms with van der Waals surface area (Å²) in [7, 11) is 0. The third-order valence-electron chi connectivity index (χ3n) is 2.78. The smallest absolute Gasteiger partial charge is 0.0661 e. The summed E-state index contributed by atoms with van der Waals surface area (Å²) in [6.45, 7) is 1.11. The van der Waals surface area contributed by atoms with Gasteiger partial charge < -0.3 is 4.57 Å². The van der Waals surface area contributed by atoms with Crippen LogP contribution in [-0.2, 0) is 13.0 Å². The van der Waals surface area contributed by atoms with Crippen LogP contribution in [0.4, 0.5) is 0 Å². The number of para-hydroxylation sites is 1. The molecule has 1 aromatic carbocycles. The van der Waals surface area contributed by atoms with Crippen molar-refractivity contribution in [1.82, 2.24) is 4.57 Å². The highest BCUT2D eigenvalue weighted by atomic mass is 35.5. The summed E-state index contributed by atoms with van der Waals surface area (Å²) in [6.07, 6.45) is 4.48. The predicted octanol–water partition coefficient (Wildman–Crippen LogP) is 3.24. The number of hydrogen-bond donors (Lipinski definition) is 0. The molecule has 1 aromatic heterocycles. The van der Waals surface area contributed by atoms with E-state index in [1.165, 1.54) is 29.3 Å². The van der Waals surface area contributed by atoms with Crippen LogP contribution in [0, 0.1) is 0 Å². The molecule has 0 N–H and O–H groups in total. The van der Waals surface area contributed by atoms with Crippen LogP contribution in [0.25, 0.3) is 10.9 Å². The number of benzene rings is 1. The minimum Gasteiger partial charge on any atom is -0.346 e. The molecular weight excluding hydrogens is 182 g/mol. The van der Waals surface area contributed by atoms with Gasteiger partial charge in [-0.25, -0.2) is 0 Å². The van der Waals surface area contributed by atoms with Crippen molar-refractivity contribution in [3.05, 3.63) is 35.0 Å². The molecule has 0 radical (unpaired) electrons. The average molecular weight is 192 g/mol. The molecule has 3 rings (SSSR count). The highest BCUT2D eigenvalue weighted by Gasteiger charge is 2.13. The van der Waals surface area contributed by atoms with Gasteiger partial charge in [-0.05, 0) is 18.4 Å². The van der Waals surface area contributed by atoms with E-state index in [0.717, 1.165) is 11.6 Å². The second kappa shape index (κ2) is 2.52. The van der Waals surface area contributed by atoms with Gasteiger partial charge in [-0.2, -0.15) is 0 Å². The molecule has 1 aliphatic rings. The number of rotatable bonds is 0. The van der Waals surface area contributed by atoms with Gasteiger partial charge in [0, 0.05) is 18.1 Å². The Labute approximate surface area is 81.9 Å². The van der Waals surface area contributed by atoms with Crippen LogP contribution >= 0.6 is 11.6 Å². The lowest BCUT2D eigenvalue weighted by Gasteiger charge is -2.14. The Morgan fingerprint density at radius 1 is 1.31 bits per heavy atom. The van der Waals surface area contributed by atoms with Crippen molar-refractivity contribution in [2.45, 2.75) is 19.4 Å². The standard InChI is InChI=1S/C11H10ClN/c12-10-7-13-6-2-4-8-3-1-5-9(10)11(8)13/h1,3,5,7H,2,4,6H2. The largest absolute Gasteiger partial charge is 0.346 e. The van der Waals surface area contributed by atoms with Crippen molar-refractivity contribution >= 4 is 22.5 Å². The summed E-state index contributed by atoms with van der Waals surface area (Å²) >= 11 is 6.14. The average Bonchev–Trinajstić information content (AvgIpc) is 2.47. The summed E-state index contributed by atoms with van der Waals surface area (Å²) < 4.78 is 2.27. The van der Waals surface area contributed by atoms with Crippen LogP contribution in [0.1, 0.15) is 12.0 Å². The molecule has 2 heteroatoms. The molecule has 0 atom stereocenters. The van der Waals surface area contributed by atoms with E-state index in [2.05, 4.69) is 29.0 Å². The number of nitrogens with zero attached hydrogens (tertiary/aromatic N) is 1. The van der Waals surface area contributed by atoms with Crippen molar-refractivity contribution in [3.8, 4) is 0 Å². The lowest BCUT2D eigenvalue weighted by molar-refractivity contribution is 0.636. The molecular formula is C11H10ClN. The van der Waals surface area contributed by atoms with Gasteiger partial charge in [0.25, 0.3) is 0 Å². The molecule has 0 aliphatic carbocycles. The van der Waals surface area contributed by atoms with Gasteiger partial charge >= 0.3 is 0 Å². The predicted molar refractivity (Wildman–Crippen MR) is 55.3 cm³/mol.